The van der Waals surface area contributed by atoms with Crippen molar-refractivity contribution in [3.63, 3.8) is 0 Å². The highest BCUT2D eigenvalue weighted by Crippen LogP contribution is 2.47. The number of rotatable bonds is 0. The lowest BCUT2D eigenvalue weighted by Gasteiger charge is -2.14. The molecule has 68 valence electrons. The van der Waals surface area contributed by atoms with Crippen LogP contribution in [0.1, 0.15) is 23.2 Å². The van der Waals surface area contributed by atoms with Crippen LogP contribution in [-0.4, -0.2) is 10.2 Å². The largest absolute Gasteiger partial charge is 0.268 e. The van der Waals surface area contributed by atoms with Crippen LogP contribution in [0.15, 0.2) is 4.79 Å². The summed E-state index contributed by atoms with van der Waals surface area (Å²) < 4.78 is 0. The normalized spacial score (nSPS) is 29.3. The Morgan fingerprint density at radius 3 is 2.77 bits per heavy atom. The van der Waals surface area contributed by atoms with Crippen LogP contribution >= 0.6 is 0 Å². The molecule has 2 unspecified atom stereocenters. The Morgan fingerprint density at radius 2 is 2.00 bits per heavy atom. The minimum absolute atomic E-state index is 0.0333. The summed E-state index contributed by atoms with van der Waals surface area (Å²) in [5.74, 6) is 1.66. The molecule has 0 spiro atoms. The third-order valence-electron chi connectivity index (χ3n) is 3.40. The lowest BCUT2D eigenvalue weighted by molar-refractivity contribution is 0.627. The average molecular weight is 176 g/mol. The van der Waals surface area contributed by atoms with Gasteiger partial charge in [-0.3, -0.25) is 4.79 Å². The molecule has 2 aliphatic carbocycles. The number of aromatic nitrogens is 2. The van der Waals surface area contributed by atoms with Gasteiger partial charge in [-0.05, 0) is 43.6 Å². The molecule has 0 aliphatic heterocycles. The molecule has 1 heterocycles. The van der Waals surface area contributed by atoms with Gasteiger partial charge in [0.1, 0.15) is 0 Å². The number of nitrogens with one attached hydrogen (secondary N) is 1. The Hall–Kier alpha value is -1.12. The topological polar surface area (TPSA) is 45.8 Å². The summed E-state index contributed by atoms with van der Waals surface area (Å²) in [5.41, 5.74) is 3.28. The molecule has 0 bridgehead atoms. The van der Waals surface area contributed by atoms with E-state index in [0.717, 1.165) is 35.9 Å². The summed E-state index contributed by atoms with van der Waals surface area (Å²) >= 11 is 0. The summed E-state index contributed by atoms with van der Waals surface area (Å²) in [4.78, 5) is 11.5. The van der Waals surface area contributed by atoms with Crippen molar-refractivity contribution in [3.8, 4) is 0 Å². The number of aromatic amines is 1. The summed E-state index contributed by atoms with van der Waals surface area (Å²) in [7, 11) is 0. The molecular formula is C10H12N2O. The summed E-state index contributed by atoms with van der Waals surface area (Å²) in [6.45, 7) is 1.98. The Kier molecular flexibility index (Phi) is 1.25. The van der Waals surface area contributed by atoms with Gasteiger partial charge in [-0.15, -0.1) is 0 Å². The second-order valence-corrected chi connectivity index (χ2v) is 4.26. The summed E-state index contributed by atoms with van der Waals surface area (Å²) in [6.07, 6.45) is 3.38. The van der Waals surface area contributed by atoms with Crippen molar-refractivity contribution in [1.82, 2.24) is 10.2 Å². The van der Waals surface area contributed by atoms with E-state index in [9.17, 15) is 4.79 Å². The van der Waals surface area contributed by atoms with Crippen molar-refractivity contribution in [2.24, 2.45) is 11.8 Å². The highest BCUT2D eigenvalue weighted by atomic mass is 16.1. The number of nitrogens with zero attached hydrogens (tertiary/aromatic N) is 1. The highest BCUT2D eigenvalue weighted by molar-refractivity contribution is 5.32. The van der Waals surface area contributed by atoms with Crippen molar-refractivity contribution >= 4 is 0 Å². The first kappa shape index (κ1) is 7.30. The van der Waals surface area contributed by atoms with Crippen LogP contribution in [0, 0.1) is 18.8 Å². The zero-order chi connectivity index (χ0) is 9.00. The van der Waals surface area contributed by atoms with Crippen molar-refractivity contribution < 1.29 is 0 Å². The van der Waals surface area contributed by atoms with Gasteiger partial charge in [0, 0.05) is 5.56 Å². The van der Waals surface area contributed by atoms with Gasteiger partial charge in [0.25, 0.3) is 5.56 Å². The molecule has 0 amide bonds. The maximum absolute atomic E-state index is 11.5. The smallest absolute Gasteiger partial charge is 0.267 e. The van der Waals surface area contributed by atoms with E-state index in [1.165, 1.54) is 12.0 Å². The lowest BCUT2D eigenvalue weighted by atomic mass is 9.92. The van der Waals surface area contributed by atoms with E-state index in [0.29, 0.717) is 0 Å². The molecule has 0 aromatic carbocycles. The minimum Gasteiger partial charge on any atom is -0.268 e. The van der Waals surface area contributed by atoms with Crippen LogP contribution in [0.5, 0.6) is 0 Å². The van der Waals surface area contributed by atoms with E-state index in [4.69, 9.17) is 0 Å². The van der Waals surface area contributed by atoms with Gasteiger partial charge in [-0.2, -0.15) is 5.10 Å². The molecule has 0 saturated heterocycles. The third kappa shape index (κ3) is 0.961. The zero-order valence-corrected chi connectivity index (χ0v) is 7.63. The van der Waals surface area contributed by atoms with Crippen LogP contribution in [0.3, 0.4) is 0 Å². The second-order valence-electron chi connectivity index (χ2n) is 4.26. The van der Waals surface area contributed by atoms with Crippen molar-refractivity contribution in [3.05, 3.63) is 27.2 Å². The summed E-state index contributed by atoms with van der Waals surface area (Å²) in [6, 6.07) is 0. The minimum atomic E-state index is 0.0333. The van der Waals surface area contributed by atoms with E-state index in [-0.39, 0.29) is 5.56 Å². The van der Waals surface area contributed by atoms with Crippen LogP contribution in [0.4, 0.5) is 0 Å². The van der Waals surface area contributed by atoms with Gasteiger partial charge in [0.05, 0.1) is 5.69 Å². The number of hydrogen-bond donors (Lipinski definition) is 1. The molecular weight excluding hydrogens is 164 g/mol. The molecule has 1 N–H and O–H groups in total. The number of H-pyrrole nitrogens is 1. The molecule has 3 rings (SSSR count). The molecule has 3 heteroatoms. The molecule has 2 atom stereocenters. The molecule has 2 aliphatic rings. The Balaban J connectivity index is 2.22. The summed E-state index contributed by atoms with van der Waals surface area (Å²) in [5, 5.41) is 6.57. The molecule has 3 nitrogen and oxygen atoms in total. The van der Waals surface area contributed by atoms with Gasteiger partial charge in [-0.1, -0.05) is 0 Å². The lowest BCUT2D eigenvalue weighted by Crippen LogP contribution is -2.22. The molecule has 0 radical (unpaired) electrons. The van der Waals surface area contributed by atoms with Gasteiger partial charge in [0.15, 0.2) is 0 Å². The van der Waals surface area contributed by atoms with Gasteiger partial charge in [-0.25, -0.2) is 5.10 Å². The Bertz CT molecular complexity index is 421. The molecule has 1 saturated carbocycles. The van der Waals surface area contributed by atoms with Crippen LogP contribution in [-0.2, 0) is 12.8 Å². The van der Waals surface area contributed by atoms with Crippen molar-refractivity contribution in [2.75, 3.05) is 0 Å². The van der Waals surface area contributed by atoms with E-state index in [1.807, 2.05) is 6.92 Å². The predicted octanol–water partition coefficient (Wildman–Crippen LogP) is 0.813. The average Bonchev–Trinajstić information content (AvgIpc) is 2.87. The predicted molar refractivity (Wildman–Crippen MR) is 48.6 cm³/mol. The highest BCUT2D eigenvalue weighted by Gasteiger charge is 2.42. The SMILES string of the molecule is Cc1n[nH]c(=O)c2c1CC1CC1C2. The first-order chi connectivity index (χ1) is 6.25. The fourth-order valence-electron chi connectivity index (χ4n) is 2.45. The maximum Gasteiger partial charge on any atom is 0.267 e. The molecule has 1 aromatic rings. The first-order valence-electron chi connectivity index (χ1n) is 4.82. The fourth-order valence-corrected chi connectivity index (χ4v) is 2.45. The number of aryl methyl sites for hydroxylation is 1. The number of hydrogen-bond acceptors (Lipinski definition) is 2. The maximum atomic E-state index is 11.5. The van der Waals surface area contributed by atoms with E-state index >= 15 is 0 Å². The monoisotopic (exact) mass is 176 g/mol. The zero-order valence-electron chi connectivity index (χ0n) is 7.63. The van der Waals surface area contributed by atoms with E-state index < -0.39 is 0 Å². The van der Waals surface area contributed by atoms with Gasteiger partial charge in [0.2, 0.25) is 0 Å². The standard InChI is InChI=1S/C10H12N2O/c1-5-8-3-6-2-7(6)4-9(8)10(13)12-11-5/h6-7H,2-4H2,1H3,(H,12,13). The third-order valence-corrected chi connectivity index (χ3v) is 3.40. The van der Waals surface area contributed by atoms with Crippen molar-refractivity contribution in [2.45, 2.75) is 26.2 Å². The molecule has 1 fully saturated rings. The van der Waals surface area contributed by atoms with Gasteiger partial charge >= 0.3 is 0 Å². The van der Waals surface area contributed by atoms with Crippen LogP contribution < -0.4 is 5.56 Å². The number of fused-ring (bicyclic) bond motifs is 2. The van der Waals surface area contributed by atoms with E-state index in [1.54, 1.807) is 0 Å². The van der Waals surface area contributed by atoms with Gasteiger partial charge < -0.3 is 0 Å². The van der Waals surface area contributed by atoms with Crippen LogP contribution in [0.25, 0.3) is 0 Å². The van der Waals surface area contributed by atoms with Crippen LogP contribution in [0.2, 0.25) is 0 Å². The second kappa shape index (κ2) is 2.22. The quantitative estimate of drug-likeness (QED) is 0.636. The van der Waals surface area contributed by atoms with E-state index in [2.05, 4.69) is 10.2 Å². The fraction of sp³-hybridized carbons (Fsp3) is 0.600. The first-order valence-corrected chi connectivity index (χ1v) is 4.82. The molecule has 1 aromatic heterocycles. The van der Waals surface area contributed by atoms with Crippen molar-refractivity contribution in [1.29, 1.82) is 0 Å². The molecule has 13 heavy (non-hydrogen) atoms. The Labute approximate surface area is 76.2 Å². The Morgan fingerprint density at radius 1 is 1.31 bits per heavy atom.